The summed E-state index contributed by atoms with van der Waals surface area (Å²) in [6, 6.07) is 15.2. The van der Waals surface area contributed by atoms with Crippen LogP contribution in [0.2, 0.25) is 0 Å². The van der Waals surface area contributed by atoms with Crippen LogP contribution in [-0.2, 0) is 16.1 Å². The number of methoxy groups -OCH3 is 1. The second-order valence-electron chi connectivity index (χ2n) is 5.96. The van der Waals surface area contributed by atoms with Gasteiger partial charge in [-0.2, -0.15) is 5.10 Å². The summed E-state index contributed by atoms with van der Waals surface area (Å²) in [5.41, 5.74) is 1.84. The van der Waals surface area contributed by atoms with Crippen LogP contribution in [0.1, 0.15) is 18.5 Å². The van der Waals surface area contributed by atoms with E-state index >= 15 is 0 Å². The van der Waals surface area contributed by atoms with Crippen molar-refractivity contribution in [1.29, 1.82) is 0 Å². The minimum atomic E-state index is -0.229. The highest BCUT2D eigenvalue weighted by molar-refractivity contribution is 5.80. The molecule has 6 nitrogen and oxygen atoms in total. The zero-order valence-electron chi connectivity index (χ0n) is 15.0. The van der Waals surface area contributed by atoms with Gasteiger partial charge in [0.2, 0.25) is 5.91 Å². The number of benzene rings is 2. The van der Waals surface area contributed by atoms with Crippen LogP contribution in [0.25, 0.3) is 10.9 Å². The highest BCUT2D eigenvalue weighted by Crippen LogP contribution is 2.18. The van der Waals surface area contributed by atoms with E-state index in [1.54, 1.807) is 11.8 Å². The Bertz CT molecular complexity index is 825. The van der Waals surface area contributed by atoms with Crippen LogP contribution in [-0.4, -0.2) is 36.0 Å². The maximum absolute atomic E-state index is 12.5. The molecule has 1 aromatic heterocycles. The molecule has 136 valence electrons. The Morgan fingerprint density at radius 1 is 1.19 bits per heavy atom. The third-order valence-electron chi connectivity index (χ3n) is 4.03. The smallest absolute Gasteiger partial charge is 0.242 e. The molecular weight excluding hydrogens is 330 g/mol. The summed E-state index contributed by atoms with van der Waals surface area (Å²) >= 11 is 0. The highest BCUT2D eigenvalue weighted by atomic mass is 16.5. The lowest BCUT2D eigenvalue weighted by Crippen LogP contribution is -2.34. The lowest BCUT2D eigenvalue weighted by Gasteiger charge is -2.19. The molecule has 0 unspecified atom stereocenters. The van der Waals surface area contributed by atoms with E-state index in [0.29, 0.717) is 13.2 Å². The molecule has 0 saturated carbocycles. The molecule has 0 radical (unpaired) electrons. The first-order valence-corrected chi connectivity index (χ1v) is 8.63. The molecule has 0 saturated heterocycles. The van der Waals surface area contributed by atoms with Crippen molar-refractivity contribution in [2.24, 2.45) is 0 Å². The van der Waals surface area contributed by atoms with Crippen LogP contribution in [0, 0.1) is 0 Å². The molecule has 26 heavy (non-hydrogen) atoms. The number of ether oxygens (including phenoxy) is 2. The molecule has 3 aromatic rings. The summed E-state index contributed by atoms with van der Waals surface area (Å²) in [6.07, 6.45) is 1.87. The molecule has 0 spiro atoms. The molecule has 1 heterocycles. The number of carbonyl (C=O) groups is 1. The van der Waals surface area contributed by atoms with Crippen molar-refractivity contribution in [3.8, 4) is 5.75 Å². The topological polar surface area (TPSA) is 65.4 Å². The quantitative estimate of drug-likeness (QED) is 0.676. The summed E-state index contributed by atoms with van der Waals surface area (Å²) < 4.78 is 12.4. The monoisotopic (exact) mass is 353 g/mol. The van der Waals surface area contributed by atoms with E-state index in [2.05, 4.69) is 10.4 Å². The van der Waals surface area contributed by atoms with Crippen molar-refractivity contribution >= 4 is 16.8 Å². The van der Waals surface area contributed by atoms with E-state index in [-0.39, 0.29) is 18.5 Å². The van der Waals surface area contributed by atoms with Crippen LogP contribution in [0.4, 0.5) is 0 Å². The average Bonchev–Trinajstić information content (AvgIpc) is 3.04. The van der Waals surface area contributed by atoms with E-state index < -0.39 is 0 Å². The van der Waals surface area contributed by atoms with Gasteiger partial charge in [0.1, 0.15) is 12.3 Å². The molecule has 0 aliphatic heterocycles. The minimum Gasteiger partial charge on any atom is -0.494 e. The van der Waals surface area contributed by atoms with E-state index in [1.807, 2.05) is 61.7 Å². The van der Waals surface area contributed by atoms with Crippen molar-refractivity contribution in [1.82, 2.24) is 15.1 Å². The molecular formula is C20H23N3O3. The Labute approximate surface area is 152 Å². The SMILES string of the molecule is CCOc1ccc([C@@H](COC)NC(=O)Cn2cc3ccccc3n2)cc1. The van der Waals surface area contributed by atoms with Gasteiger partial charge in [0, 0.05) is 18.7 Å². The highest BCUT2D eigenvalue weighted by Gasteiger charge is 2.15. The fourth-order valence-electron chi connectivity index (χ4n) is 2.83. The Balaban J connectivity index is 1.67. The zero-order chi connectivity index (χ0) is 18.4. The van der Waals surface area contributed by atoms with Crippen LogP contribution in [0.5, 0.6) is 5.75 Å². The molecule has 1 atom stereocenters. The number of amides is 1. The maximum Gasteiger partial charge on any atom is 0.242 e. The van der Waals surface area contributed by atoms with Gasteiger partial charge in [-0.3, -0.25) is 9.48 Å². The van der Waals surface area contributed by atoms with Crippen molar-refractivity contribution in [3.05, 3.63) is 60.3 Å². The number of nitrogens with zero attached hydrogens (tertiary/aromatic N) is 2. The summed E-state index contributed by atoms with van der Waals surface area (Å²) in [4.78, 5) is 12.5. The standard InChI is InChI=1S/C20H23N3O3/c1-3-26-17-10-8-15(9-11-17)19(14-25-2)21-20(24)13-23-12-16-6-4-5-7-18(16)22-23/h4-12,19H,3,13-14H2,1-2H3,(H,21,24)/t19-/m1/s1. The molecule has 1 amide bonds. The van der Waals surface area contributed by atoms with Gasteiger partial charge in [-0.1, -0.05) is 30.3 Å². The van der Waals surface area contributed by atoms with Crippen molar-refractivity contribution in [2.75, 3.05) is 20.3 Å². The second kappa shape index (κ2) is 8.49. The second-order valence-corrected chi connectivity index (χ2v) is 5.96. The van der Waals surface area contributed by atoms with Crippen LogP contribution >= 0.6 is 0 Å². The number of nitrogens with one attached hydrogen (secondary N) is 1. The number of aromatic nitrogens is 2. The van der Waals surface area contributed by atoms with Crippen LogP contribution in [0.15, 0.2) is 54.7 Å². The maximum atomic E-state index is 12.5. The molecule has 6 heteroatoms. The van der Waals surface area contributed by atoms with E-state index in [0.717, 1.165) is 22.2 Å². The molecule has 2 aromatic carbocycles. The van der Waals surface area contributed by atoms with E-state index in [1.165, 1.54) is 0 Å². The third kappa shape index (κ3) is 4.40. The van der Waals surface area contributed by atoms with Crippen molar-refractivity contribution in [3.63, 3.8) is 0 Å². The van der Waals surface area contributed by atoms with Gasteiger partial charge in [0.15, 0.2) is 0 Å². The molecule has 0 aliphatic rings. The van der Waals surface area contributed by atoms with Gasteiger partial charge in [-0.15, -0.1) is 0 Å². The molecule has 0 aliphatic carbocycles. The minimum absolute atomic E-state index is 0.117. The third-order valence-corrected chi connectivity index (χ3v) is 4.03. The Hall–Kier alpha value is -2.86. The largest absolute Gasteiger partial charge is 0.494 e. The molecule has 0 bridgehead atoms. The van der Waals surface area contributed by atoms with Gasteiger partial charge >= 0.3 is 0 Å². The number of fused-ring (bicyclic) bond motifs is 1. The number of hydrogen-bond acceptors (Lipinski definition) is 4. The van der Waals surface area contributed by atoms with E-state index in [9.17, 15) is 4.79 Å². The number of rotatable bonds is 8. The molecule has 1 N–H and O–H groups in total. The summed E-state index contributed by atoms with van der Waals surface area (Å²) in [7, 11) is 1.62. The fraction of sp³-hybridized carbons (Fsp3) is 0.300. The lowest BCUT2D eigenvalue weighted by atomic mass is 10.1. The van der Waals surface area contributed by atoms with Crippen molar-refractivity contribution < 1.29 is 14.3 Å². The van der Waals surface area contributed by atoms with Gasteiger partial charge in [-0.05, 0) is 30.7 Å². The van der Waals surface area contributed by atoms with Gasteiger partial charge < -0.3 is 14.8 Å². The fourth-order valence-corrected chi connectivity index (χ4v) is 2.83. The normalized spacial score (nSPS) is 12.1. The lowest BCUT2D eigenvalue weighted by molar-refractivity contribution is -0.123. The Morgan fingerprint density at radius 3 is 2.65 bits per heavy atom. The first-order chi connectivity index (χ1) is 12.7. The number of carbonyl (C=O) groups excluding carboxylic acids is 1. The summed E-state index contributed by atoms with van der Waals surface area (Å²) in [5, 5.41) is 8.45. The van der Waals surface area contributed by atoms with Crippen LogP contribution < -0.4 is 10.1 Å². The summed E-state index contributed by atoms with van der Waals surface area (Å²) in [6.45, 7) is 3.11. The van der Waals surface area contributed by atoms with Gasteiger partial charge in [0.05, 0.1) is 24.8 Å². The van der Waals surface area contributed by atoms with Crippen molar-refractivity contribution in [2.45, 2.75) is 19.5 Å². The molecule has 0 fully saturated rings. The predicted molar refractivity (Wildman–Crippen MR) is 100 cm³/mol. The predicted octanol–water partition coefficient (Wildman–Crippen LogP) is 2.94. The van der Waals surface area contributed by atoms with Gasteiger partial charge in [0.25, 0.3) is 0 Å². The van der Waals surface area contributed by atoms with Crippen LogP contribution in [0.3, 0.4) is 0 Å². The Kier molecular flexibility index (Phi) is 5.86. The van der Waals surface area contributed by atoms with E-state index in [4.69, 9.17) is 9.47 Å². The number of hydrogen-bond donors (Lipinski definition) is 1. The Morgan fingerprint density at radius 2 is 1.96 bits per heavy atom. The summed E-state index contributed by atoms with van der Waals surface area (Å²) in [5.74, 6) is 0.690. The van der Waals surface area contributed by atoms with Gasteiger partial charge in [-0.25, -0.2) is 0 Å². The molecule has 3 rings (SSSR count). The average molecular weight is 353 g/mol. The zero-order valence-corrected chi connectivity index (χ0v) is 15.0. The first kappa shape index (κ1) is 17.9. The first-order valence-electron chi connectivity index (χ1n) is 8.63.